The lowest BCUT2D eigenvalue weighted by molar-refractivity contribution is 0.0908. The van der Waals surface area contributed by atoms with Gasteiger partial charge in [-0.15, -0.1) is 0 Å². The topological polar surface area (TPSA) is 75.4 Å². The van der Waals surface area contributed by atoms with Crippen LogP contribution >= 0.6 is 0 Å². The van der Waals surface area contributed by atoms with Crippen LogP contribution in [0.4, 0.5) is 0 Å². The summed E-state index contributed by atoms with van der Waals surface area (Å²) in [6.45, 7) is 3.91. The van der Waals surface area contributed by atoms with Crippen molar-refractivity contribution in [3.05, 3.63) is 17.5 Å². The highest BCUT2D eigenvalue weighted by molar-refractivity contribution is 5.94. The minimum atomic E-state index is -0.487. The van der Waals surface area contributed by atoms with Crippen LogP contribution in [0.1, 0.15) is 35.9 Å². The second-order valence-corrected chi connectivity index (χ2v) is 3.45. The summed E-state index contributed by atoms with van der Waals surface area (Å²) in [5, 5.41) is 15.5. The highest BCUT2D eigenvalue weighted by Crippen LogP contribution is 2.05. The van der Waals surface area contributed by atoms with Crippen LogP contribution in [-0.2, 0) is 0 Å². The molecule has 1 rings (SSSR count). The average Bonchev–Trinajstić information content (AvgIpc) is 2.61. The summed E-state index contributed by atoms with van der Waals surface area (Å²) in [6.07, 6.45) is 2.46. The maximum absolute atomic E-state index is 11.5. The summed E-state index contributed by atoms with van der Waals surface area (Å²) in [5.74, 6) is 0.224. The monoisotopic (exact) mass is 212 g/mol. The predicted molar refractivity (Wildman–Crippen MR) is 54.5 cm³/mol. The third-order valence-electron chi connectivity index (χ3n) is 2.12. The third kappa shape index (κ3) is 3.36. The largest absolute Gasteiger partial charge is 0.391 e. The van der Waals surface area contributed by atoms with Crippen LogP contribution in [0.3, 0.4) is 0 Å². The number of hydrogen-bond acceptors (Lipinski definition) is 4. The number of aromatic nitrogens is 1. The van der Waals surface area contributed by atoms with Gasteiger partial charge in [-0.2, -0.15) is 0 Å². The van der Waals surface area contributed by atoms with Gasteiger partial charge in [0.15, 0.2) is 0 Å². The van der Waals surface area contributed by atoms with E-state index < -0.39 is 6.10 Å². The quantitative estimate of drug-likeness (QED) is 0.759. The van der Waals surface area contributed by atoms with Gasteiger partial charge in [0.1, 0.15) is 11.3 Å². The Balaban J connectivity index is 2.40. The van der Waals surface area contributed by atoms with Crippen molar-refractivity contribution in [3.63, 3.8) is 0 Å². The maximum Gasteiger partial charge on any atom is 0.256 e. The molecule has 0 bridgehead atoms. The van der Waals surface area contributed by atoms with Gasteiger partial charge >= 0.3 is 0 Å². The first-order valence-corrected chi connectivity index (χ1v) is 5.02. The molecule has 1 unspecified atom stereocenters. The fraction of sp³-hybridized carbons (Fsp3) is 0.600. The zero-order valence-electron chi connectivity index (χ0n) is 8.99. The van der Waals surface area contributed by atoms with Crippen molar-refractivity contribution in [3.8, 4) is 0 Å². The van der Waals surface area contributed by atoms with Crippen molar-refractivity contribution in [1.29, 1.82) is 0 Å². The van der Waals surface area contributed by atoms with Gasteiger partial charge in [-0.25, -0.2) is 0 Å². The summed E-state index contributed by atoms with van der Waals surface area (Å²) in [6, 6.07) is 0. The Morgan fingerprint density at radius 1 is 1.73 bits per heavy atom. The number of aliphatic hydroxyl groups is 1. The molecule has 1 atom stereocenters. The molecule has 0 radical (unpaired) electrons. The second kappa shape index (κ2) is 5.50. The normalized spacial score (nSPS) is 12.5. The first kappa shape index (κ1) is 11.7. The van der Waals surface area contributed by atoms with Crippen molar-refractivity contribution in [2.45, 2.75) is 32.8 Å². The van der Waals surface area contributed by atoms with Crippen molar-refractivity contribution < 1.29 is 14.4 Å². The van der Waals surface area contributed by atoms with Gasteiger partial charge in [0, 0.05) is 6.54 Å². The fourth-order valence-electron chi connectivity index (χ4n) is 1.26. The Kier molecular flexibility index (Phi) is 4.30. The van der Waals surface area contributed by atoms with Crippen molar-refractivity contribution >= 4 is 5.91 Å². The van der Waals surface area contributed by atoms with Crippen LogP contribution < -0.4 is 5.32 Å². The van der Waals surface area contributed by atoms with E-state index in [1.165, 1.54) is 6.20 Å². The van der Waals surface area contributed by atoms with Gasteiger partial charge in [0.25, 0.3) is 5.91 Å². The SMILES string of the molecule is CCCC(O)CNC(=O)c1cnoc1C. The lowest BCUT2D eigenvalue weighted by Crippen LogP contribution is -2.32. The highest BCUT2D eigenvalue weighted by atomic mass is 16.5. The summed E-state index contributed by atoms with van der Waals surface area (Å²) in [7, 11) is 0. The number of carbonyl (C=O) groups is 1. The Morgan fingerprint density at radius 3 is 3.00 bits per heavy atom. The van der Waals surface area contributed by atoms with Gasteiger partial charge < -0.3 is 14.9 Å². The second-order valence-electron chi connectivity index (χ2n) is 3.45. The van der Waals surface area contributed by atoms with E-state index in [0.717, 1.165) is 6.42 Å². The molecule has 0 aliphatic carbocycles. The number of carbonyl (C=O) groups excluding carboxylic acids is 1. The molecule has 84 valence electrons. The number of amides is 1. The minimum Gasteiger partial charge on any atom is -0.391 e. The van der Waals surface area contributed by atoms with E-state index in [0.29, 0.717) is 17.7 Å². The molecule has 5 heteroatoms. The summed E-state index contributed by atoms with van der Waals surface area (Å²) >= 11 is 0. The first-order valence-electron chi connectivity index (χ1n) is 5.02. The zero-order chi connectivity index (χ0) is 11.3. The van der Waals surface area contributed by atoms with Gasteiger partial charge in [0.2, 0.25) is 0 Å². The molecule has 1 aromatic heterocycles. The van der Waals surface area contributed by atoms with E-state index >= 15 is 0 Å². The smallest absolute Gasteiger partial charge is 0.256 e. The molecular formula is C10H16N2O3. The van der Waals surface area contributed by atoms with Crippen LogP contribution in [0.25, 0.3) is 0 Å². The number of hydrogen-bond donors (Lipinski definition) is 2. The molecule has 0 fully saturated rings. The van der Waals surface area contributed by atoms with Crippen LogP contribution in [0.15, 0.2) is 10.7 Å². The molecule has 0 saturated heterocycles. The van der Waals surface area contributed by atoms with E-state index in [9.17, 15) is 9.90 Å². The van der Waals surface area contributed by atoms with Gasteiger partial charge in [-0.05, 0) is 13.3 Å². The number of aliphatic hydroxyl groups excluding tert-OH is 1. The Morgan fingerprint density at radius 2 is 2.47 bits per heavy atom. The average molecular weight is 212 g/mol. The van der Waals surface area contributed by atoms with Crippen LogP contribution in [-0.4, -0.2) is 28.8 Å². The van der Waals surface area contributed by atoms with Crippen molar-refractivity contribution in [2.24, 2.45) is 0 Å². The van der Waals surface area contributed by atoms with Gasteiger partial charge in [-0.3, -0.25) is 4.79 Å². The van der Waals surface area contributed by atoms with E-state index in [1.54, 1.807) is 6.92 Å². The number of nitrogens with zero attached hydrogens (tertiary/aromatic N) is 1. The van der Waals surface area contributed by atoms with E-state index in [1.807, 2.05) is 6.92 Å². The molecule has 5 nitrogen and oxygen atoms in total. The molecule has 0 aromatic carbocycles. The third-order valence-corrected chi connectivity index (χ3v) is 2.12. The van der Waals surface area contributed by atoms with E-state index in [2.05, 4.69) is 10.5 Å². The molecule has 1 aromatic rings. The summed E-state index contributed by atoms with van der Waals surface area (Å²) in [5.41, 5.74) is 0.415. The molecule has 2 N–H and O–H groups in total. The Bertz CT molecular complexity index is 322. The molecule has 15 heavy (non-hydrogen) atoms. The molecule has 0 aliphatic rings. The molecular weight excluding hydrogens is 196 g/mol. The van der Waals surface area contributed by atoms with E-state index in [4.69, 9.17) is 4.52 Å². The van der Waals surface area contributed by atoms with Gasteiger partial charge in [0.05, 0.1) is 12.3 Å². The zero-order valence-corrected chi connectivity index (χ0v) is 8.99. The fourth-order valence-corrected chi connectivity index (χ4v) is 1.26. The minimum absolute atomic E-state index is 0.260. The summed E-state index contributed by atoms with van der Waals surface area (Å²) < 4.78 is 4.77. The number of aryl methyl sites for hydroxylation is 1. The van der Waals surface area contributed by atoms with Crippen molar-refractivity contribution in [2.75, 3.05) is 6.54 Å². The molecule has 1 amide bonds. The number of nitrogens with one attached hydrogen (secondary N) is 1. The Hall–Kier alpha value is -1.36. The Labute approximate surface area is 88.5 Å². The maximum atomic E-state index is 11.5. The molecule has 0 saturated carbocycles. The molecule has 1 heterocycles. The summed E-state index contributed by atoms with van der Waals surface area (Å²) in [4.78, 5) is 11.5. The van der Waals surface area contributed by atoms with Crippen LogP contribution in [0, 0.1) is 6.92 Å². The highest BCUT2D eigenvalue weighted by Gasteiger charge is 2.13. The predicted octanol–water partition coefficient (Wildman–Crippen LogP) is 0.874. The van der Waals surface area contributed by atoms with E-state index in [-0.39, 0.29) is 12.5 Å². The van der Waals surface area contributed by atoms with Gasteiger partial charge in [-0.1, -0.05) is 18.5 Å². The lowest BCUT2D eigenvalue weighted by Gasteiger charge is -2.09. The van der Waals surface area contributed by atoms with Crippen LogP contribution in [0.5, 0.6) is 0 Å². The first-order chi connectivity index (χ1) is 7.15. The standard InChI is InChI=1S/C10H16N2O3/c1-3-4-8(13)5-11-10(14)9-6-12-15-7(9)2/h6,8,13H,3-5H2,1-2H3,(H,11,14). The molecule has 0 aliphatic heterocycles. The number of rotatable bonds is 5. The van der Waals surface area contributed by atoms with Crippen molar-refractivity contribution in [1.82, 2.24) is 10.5 Å². The molecule has 0 spiro atoms. The van der Waals surface area contributed by atoms with Crippen LogP contribution in [0.2, 0.25) is 0 Å². The lowest BCUT2D eigenvalue weighted by atomic mass is 10.2.